The summed E-state index contributed by atoms with van der Waals surface area (Å²) in [4.78, 5) is 14.4. The van der Waals surface area contributed by atoms with Crippen molar-refractivity contribution in [2.75, 3.05) is 30.3 Å². The molecular formula is C12H19N3O2S. The summed E-state index contributed by atoms with van der Waals surface area (Å²) < 4.78 is 0. The number of thiophene rings is 1. The molecule has 1 saturated heterocycles. The molecule has 0 aromatic carbocycles. The van der Waals surface area contributed by atoms with E-state index in [0.717, 1.165) is 24.4 Å². The van der Waals surface area contributed by atoms with Crippen LogP contribution in [0.2, 0.25) is 0 Å². The number of rotatable bonds is 3. The number of nitrogens with two attached hydrogens (primary N) is 1. The molecule has 1 aliphatic rings. The maximum Gasteiger partial charge on any atom is 0.263 e. The van der Waals surface area contributed by atoms with Crippen LogP contribution in [0.1, 0.15) is 29.4 Å². The van der Waals surface area contributed by atoms with Crippen molar-refractivity contribution >= 4 is 27.9 Å². The second-order valence-corrected chi connectivity index (χ2v) is 5.50. The van der Waals surface area contributed by atoms with E-state index in [0.29, 0.717) is 23.7 Å². The molecule has 1 aromatic heterocycles. The highest BCUT2D eigenvalue weighted by molar-refractivity contribution is 7.18. The zero-order chi connectivity index (χ0) is 13.1. The number of amides is 1. The predicted molar refractivity (Wildman–Crippen MR) is 74.2 cm³/mol. The number of nitrogens with one attached hydrogen (secondary N) is 1. The van der Waals surface area contributed by atoms with E-state index in [4.69, 9.17) is 5.73 Å². The first-order chi connectivity index (χ1) is 8.61. The average Bonchev–Trinajstić information content (AvgIpc) is 2.72. The van der Waals surface area contributed by atoms with Gasteiger partial charge in [0, 0.05) is 19.6 Å². The fraction of sp³-hybridized carbons (Fsp3) is 0.583. The van der Waals surface area contributed by atoms with Gasteiger partial charge in [-0.1, -0.05) is 0 Å². The van der Waals surface area contributed by atoms with Crippen molar-refractivity contribution in [3.63, 3.8) is 0 Å². The van der Waals surface area contributed by atoms with Gasteiger partial charge in [0.15, 0.2) is 0 Å². The van der Waals surface area contributed by atoms with Crippen LogP contribution in [-0.2, 0) is 0 Å². The SMILES string of the molecule is CCNC(=O)c1sc(N2CCCC(O)C2)cc1N. The number of carbonyl (C=O) groups is 1. The zero-order valence-corrected chi connectivity index (χ0v) is 11.3. The molecule has 0 saturated carbocycles. The summed E-state index contributed by atoms with van der Waals surface area (Å²) in [5.74, 6) is -0.121. The van der Waals surface area contributed by atoms with Crippen molar-refractivity contribution in [3.8, 4) is 0 Å². The minimum Gasteiger partial charge on any atom is -0.397 e. The summed E-state index contributed by atoms with van der Waals surface area (Å²) in [5, 5.41) is 13.4. The summed E-state index contributed by atoms with van der Waals surface area (Å²) in [7, 11) is 0. The van der Waals surface area contributed by atoms with Crippen LogP contribution in [0.3, 0.4) is 0 Å². The van der Waals surface area contributed by atoms with Gasteiger partial charge in [-0.3, -0.25) is 4.79 Å². The smallest absolute Gasteiger partial charge is 0.263 e. The molecule has 0 bridgehead atoms. The number of aliphatic hydroxyl groups is 1. The first-order valence-electron chi connectivity index (χ1n) is 6.22. The third-order valence-corrected chi connectivity index (χ3v) is 4.21. The van der Waals surface area contributed by atoms with Crippen LogP contribution in [0.15, 0.2) is 6.07 Å². The Hall–Kier alpha value is -1.27. The number of hydrogen-bond donors (Lipinski definition) is 3. The molecule has 0 aliphatic carbocycles. The van der Waals surface area contributed by atoms with Gasteiger partial charge < -0.3 is 21.1 Å². The molecule has 0 spiro atoms. The molecule has 4 N–H and O–H groups in total. The molecule has 1 unspecified atom stereocenters. The van der Waals surface area contributed by atoms with Gasteiger partial charge in [-0.05, 0) is 25.8 Å². The average molecular weight is 269 g/mol. The Bertz CT molecular complexity index is 433. The normalized spacial score (nSPS) is 19.9. The van der Waals surface area contributed by atoms with Gasteiger partial charge in [-0.15, -0.1) is 11.3 Å². The second-order valence-electron chi connectivity index (χ2n) is 4.47. The Morgan fingerprint density at radius 1 is 1.72 bits per heavy atom. The summed E-state index contributed by atoms with van der Waals surface area (Å²) in [5.41, 5.74) is 6.39. The van der Waals surface area contributed by atoms with Gasteiger partial charge in [-0.25, -0.2) is 0 Å². The van der Waals surface area contributed by atoms with Gasteiger partial charge in [-0.2, -0.15) is 0 Å². The van der Waals surface area contributed by atoms with Crippen molar-refractivity contribution in [2.45, 2.75) is 25.9 Å². The largest absolute Gasteiger partial charge is 0.397 e. The van der Waals surface area contributed by atoms with Crippen molar-refractivity contribution in [1.29, 1.82) is 0 Å². The highest BCUT2D eigenvalue weighted by Gasteiger charge is 2.22. The summed E-state index contributed by atoms with van der Waals surface area (Å²) >= 11 is 1.39. The molecule has 18 heavy (non-hydrogen) atoms. The Morgan fingerprint density at radius 2 is 2.50 bits per heavy atom. The Balaban J connectivity index is 2.15. The van der Waals surface area contributed by atoms with E-state index in [1.54, 1.807) is 0 Å². The number of anilines is 2. The van der Waals surface area contributed by atoms with E-state index in [1.165, 1.54) is 11.3 Å². The summed E-state index contributed by atoms with van der Waals surface area (Å²) in [6, 6.07) is 1.83. The van der Waals surface area contributed by atoms with Crippen LogP contribution in [-0.4, -0.2) is 36.8 Å². The van der Waals surface area contributed by atoms with Crippen LogP contribution in [0, 0.1) is 0 Å². The topological polar surface area (TPSA) is 78.6 Å². The lowest BCUT2D eigenvalue weighted by Crippen LogP contribution is -2.37. The standard InChI is InChI=1S/C12H19N3O2S/c1-2-14-12(17)11-9(13)6-10(18-11)15-5-3-4-8(16)7-15/h6,8,16H,2-5,7,13H2,1H3,(H,14,17). The fourth-order valence-electron chi connectivity index (χ4n) is 2.12. The molecule has 1 aromatic rings. The number of aliphatic hydroxyl groups excluding tert-OH is 1. The number of piperidine rings is 1. The Kier molecular flexibility index (Phi) is 4.08. The maximum atomic E-state index is 11.8. The minimum absolute atomic E-state index is 0.121. The lowest BCUT2D eigenvalue weighted by Gasteiger charge is -2.30. The lowest BCUT2D eigenvalue weighted by molar-refractivity contribution is 0.0960. The molecular weight excluding hydrogens is 250 g/mol. The van der Waals surface area contributed by atoms with E-state index in [1.807, 2.05) is 13.0 Å². The lowest BCUT2D eigenvalue weighted by atomic mass is 10.1. The van der Waals surface area contributed by atoms with Crippen molar-refractivity contribution < 1.29 is 9.90 Å². The summed E-state index contributed by atoms with van der Waals surface area (Å²) in [6.07, 6.45) is 1.53. The maximum absolute atomic E-state index is 11.8. The van der Waals surface area contributed by atoms with Gasteiger partial charge >= 0.3 is 0 Å². The quantitative estimate of drug-likeness (QED) is 0.766. The molecule has 2 heterocycles. The first kappa shape index (κ1) is 13.2. The van der Waals surface area contributed by atoms with E-state index in [2.05, 4.69) is 10.2 Å². The number of β-amino-alcohol motifs (C(OH)–C–C–N with tert-alkyl or cyclic N) is 1. The van der Waals surface area contributed by atoms with E-state index in [-0.39, 0.29) is 12.0 Å². The van der Waals surface area contributed by atoms with E-state index in [9.17, 15) is 9.90 Å². The highest BCUT2D eigenvalue weighted by Crippen LogP contribution is 2.33. The van der Waals surface area contributed by atoms with Crippen LogP contribution in [0.25, 0.3) is 0 Å². The minimum atomic E-state index is -0.282. The fourth-order valence-corrected chi connectivity index (χ4v) is 3.15. The number of carbonyl (C=O) groups excluding carboxylic acids is 1. The summed E-state index contributed by atoms with van der Waals surface area (Å²) in [6.45, 7) is 4.00. The second kappa shape index (κ2) is 5.58. The third-order valence-electron chi connectivity index (χ3n) is 3.00. The van der Waals surface area contributed by atoms with Gasteiger partial charge in [0.1, 0.15) is 4.88 Å². The number of nitrogen functional groups attached to an aromatic ring is 1. The molecule has 1 fully saturated rings. The van der Waals surface area contributed by atoms with Crippen molar-refractivity contribution in [3.05, 3.63) is 10.9 Å². The monoisotopic (exact) mass is 269 g/mol. The van der Waals surface area contributed by atoms with Gasteiger partial charge in [0.25, 0.3) is 5.91 Å². The van der Waals surface area contributed by atoms with Crippen LogP contribution in [0.5, 0.6) is 0 Å². The van der Waals surface area contributed by atoms with E-state index < -0.39 is 0 Å². The zero-order valence-electron chi connectivity index (χ0n) is 10.5. The molecule has 0 radical (unpaired) electrons. The molecule has 2 rings (SSSR count). The highest BCUT2D eigenvalue weighted by atomic mass is 32.1. The number of hydrogen-bond acceptors (Lipinski definition) is 5. The molecule has 6 heteroatoms. The van der Waals surface area contributed by atoms with Gasteiger partial charge in [0.2, 0.25) is 0 Å². The molecule has 1 amide bonds. The van der Waals surface area contributed by atoms with E-state index >= 15 is 0 Å². The molecule has 5 nitrogen and oxygen atoms in total. The first-order valence-corrected chi connectivity index (χ1v) is 7.04. The molecule has 100 valence electrons. The van der Waals surface area contributed by atoms with Crippen LogP contribution in [0.4, 0.5) is 10.7 Å². The number of nitrogens with zero attached hydrogens (tertiary/aromatic N) is 1. The predicted octanol–water partition coefficient (Wildman–Crippen LogP) is 1.04. The Morgan fingerprint density at radius 3 is 3.17 bits per heavy atom. The third kappa shape index (κ3) is 2.76. The Labute approximate surface area is 111 Å². The van der Waals surface area contributed by atoms with Crippen molar-refractivity contribution in [2.24, 2.45) is 0 Å². The molecule has 1 atom stereocenters. The molecule has 1 aliphatic heterocycles. The van der Waals surface area contributed by atoms with Crippen LogP contribution >= 0.6 is 11.3 Å². The van der Waals surface area contributed by atoms with Crippen molar-refractivity contribution in [1.82, 2.24) is 5.32 Å². The van der Waals surface area contributed by atoms with Gasteiger partial charge in [0.05, 0.1) is 16.8 Å². The van der Waals surface area contributed by atoms with Crippen LogP contribution < -0.4 is 16.0 Å².